The predicted molar refractivity (Wildman–Crippen MR) is 78.9 cm³/mol. The molecule has 2 rings (SSSR count). The van der Waals surface area contributed by atoms with E-state index in [4.69, 9.17) is 0 Å². The van der Waals surface area contributed by atoms with Crippen LogP contribution in [-0.2, 0) is 0 Å². The van der Waals surface area contributed by atoms with Crippen LogP contribution in [0, 0.1) is 5.92 Å². The Kier molecular flexibility index (Phi) is 5.97. The normalized spacial score (nSPS) is 36.0. The van der Waals surface area contributed by atoms with E-state index in [-0.39, 0.29) is 0 Å². The topological polar surface area (TPSA) is 15.3 Å². The van der Waals surface area contributed by atoms with Gasteiger partial charge >= 0.3 is 0 Å². The number of nitrogens with zero attached hydrogens (tertiary/aromatic N) is 1. The fraction of sp³-hybridized carbons (Fsp3) is 1.00. The van der Waals surface area contributed by atoms with E-state index < -0.39 is 0 Å². The monoisotopic (exact) mass is 252 g/mol. The third-order valence-electron chi connectivity index (χ3n) is 4.93. The summed E-state index contributed by atoms with van der Waals surface area (Å²) >= 11 is 0. The van der Waals surface area contributed by atoms with Gasteiger partial charge in [0.2, 0.25) is 0 Å². The summed E-state index contributed by atoms with van der Waals surface area (Å²) in [7, 11) is 0. The standard InChI is InChI=1S/C16H32N2/c1-3-8-15-13-18(12-7-11-17-15)16-10-6-4-5-9-14(16)2/h14-17H,3-13H2,1-2H3. The van der Waals surface area contributed by atoms with E-state index in [0.717, 1.165) is 18.0 Å². The van der Waals surface area contributed by atoms with Crippen LogP contribution in [0.15, 0.2) is 0 Å². The maximum atomic E-state index is 3.74. The Morgan fingerprint density at radius 1 is 1.11 bits per heavy atom. The molecule has 0 radical (unpaired) electrons. The van der Waals surface area contributed by atoms with Crippen LogP contribution >= 0.6 is 0 Å². The highest BCUT2D eigenvalue weighted by Crippen LogP contribution is 2.28. The molecule has 0 aromatic carbocycles. The van der Waals surface area contributed by atoms with Crippen LogP contribution < -0.4 is 5.32 Å². The summed E-state index contributed by atoms with van der Waals surface area (Å²) in [6.07, 6.45) is 11.3. The van der Waals surface area contributed by atoms with E-state index in [1.54, 1.807) is 0 Å². The maximum absolute atomic E-state index is 3.74. The van der Waals surface area contributed by atoms with Gasteiger partial charge in [0, 0.05) is 18.6 Å². The van der Waals surface area contributed by atoms with Gasteiger partial charge in [-0.1, -0.05) is 39.5 Å². The first-order valence-corrected chi connectivity index (χ1v) is 8.28. The zero-order valence-corrected chi connectivity index (χ0v) is 12.5. The van der Waals surface area contributed by atoms with Crippen LogP contribution in [0.3, 0.4) is 0 Å². The Labute approximate surface area is 114 Å². The minimum atomic E-state index is 0.743. The molecule has 0 amide bonds. The van der Waals surface area contributed by atoms with Gasteiger partial charge in [-0.3, -0.25) is 4.90 Å². The zero-order chi connectivity index (χ0) is 12.8. The van der Waals surface area contributed by atoms with Gasteiger partial charge in [0.25, 0.3) is 0 Å². The fourth-order valence-corrected chi connectivity index (χ4v) is 3.89. The van der Waals surface area contributed by atoms with Crippen molar-refractivity contribution in [2.75, 3.05) is 19.6 Å². The Hall–Kier alpha value is -0.0800. The molecule has 1 saturated carbocycles. The predicted octanol–water partition coefficient (Wildman–Crippen LogP) is 3.42. The quantitative estimate of drug-likeness (QED) is 0.774. The first kappa shape index (κ1) is 14.3. The van der Waals surface area contributed by atoms with Crippen LogP contribution in [-0.4, -0.2) is 36.6 Å². The lowest BCUT2D eigenvalue weighted by molar-refractivity contribution is 0.136. The van der Waals surface area contributed by atoms with Crippen LogP contribution in [0.25, 0.3) is 0 Å². The number of rotatable bonds is 3. The Morgan fingerprint density at radius 2 is 1.94 bits per heavy atom. The lowest BCUT2D eigenvalue weighted by atomic mass is 9.94. The fourth-order valence-electron chi connectivity index (χ4n) is 3.89. The van der Waals surface area contributed by atoms with Crippen LogP contribution in [0.1, 0.15) is 65.2 Å². The number of hydrogen-bond acceptors (Lipinski definition) is 2. The molecule has 2 heteroatoms. The van der Waals surface area contributed by atoms with Gasteiger partial charge in [0.15, 0.2) is 0 Å². The minimum Gasteiger partial charge on any atom is -0.313 e. The molecule has 0 bridgehead atoms. The van der Waals surface area contributed by atoms with Crippen molar-refractivity contribution < 1.29 is 0 Å². The Bertz CT molecular complexity index is 229. The van der Waals surface area contributed by atoms with Gasteiger partial charge in [0.05, 0.1) is 0 Å². The SMILES string of the molecule is CCCC1CN(C2CCCCCC2C)CCCN1. The number of hydrogen-bond donors (Lipinski definition) is 1. The van der Waals surface area contributed by atoms with Crippen LogP contribution in [0.5, 0.6) is 0 Å². The largest absolute Gasteiger partial charge is 0.313 e. The van der Waals surface area contributed by atoms with Crippen molar-refractivity contribution in [3.8, 4) is 0 Å². The average Bonchev–Trinajstić information content (AvgIpc) is 2.70. The third-order valence-corrected chi connectivity index (χ3v) is 4.93. The molecule has 3 atom stereocenters. The van der Waals surface area contributed by atoms with E-state index in [1.165, 1.54) is 71.0 Å². The van der Waals surface area contributed by atoms with E-state index in [0.29, 0.717) is 0 Å². The maximum Gasteiger partial charge on any atom is 0.0195 e. The van der Waals surface area contributed by atoms with Crippen molar-refractivity contribution in [2.24, 2.45) is 5.92 Å². The van der Waals surface area contributed by atoms with E-state index >= 15 is 0 Å². The molecule has 0 aromatic rings. The van der Waals surface area contributed by atoms with Crippen LogP contribution in [0.4, 0.5) is 0 Å². The van der Waals surface area contributed by atoms with Crippen molar-refractivity contribution in [2.45, 2.75) is 77.3 Å². The molecule has 2 fully saturated rings. The van der Waals surface area contributed by atoms with E-state index in [1.807, 2.05) is 0 Å². The summed E-state index contributed by atoms with van der Waals surface area (Å²) < 4.78 is 0. The highest BCUT2D eigenvalue weighted by Gasteiger charge is 2.28. The van der Waals surface area contributed by atoms with Gasteiger partial charge < -0.3 is 5.32 Å². The Balaban J connectivity index is 1.95. The average molecular weight is 252 g/mol. The van der Waals surface area contributed by atoms with Gasteiger partial charge in [-0.15, -0.1) is 0 Å². The van der Waals surface area contributed by atoms with E-state index in [2.05, 4.69) is 24.1 Å². The highest BCUT2D eigenvalue weighted by molar-refractivity contribution is 4.85. The lowest BCUT2D eigenvalue weighted by Gasteiger charge is -2.35. The lowest BCUT2D eigenvalue weighted by Crippen LogP contribution is -2.45. The molecule has 2 nitrogen and oxygen atoms in total. The zero-order valence-electron chi connectivity index (χ0n) is 12.5. The second kappa shape index (κ2) is 7.49. The summed E-state index contributed by atoms with van der Waals surface area (Å²) in [5, 5.41) is 3.74. The molecule has 0 aromatic heterocycles. The minimum absolute atomic E-state index is 0.743. The van der Waals surface area contributed by atoms with Gasteiger partial charge in [-0.05, 0) is 44.7 Å². The number of nitrogens with one attached hydrogen (secondary N) is 1. The van der Waals surface area contributed by atoms with Gasteiger partial charge in [0.1, 0.15) is 0 Å². The molecule has 1 heterocycles. The molecule has 1 saturated heterocycles. The first-order valence-electron chi connectivity index (χ1n) is 8.28. The summed E-state index contributed by atoms with van der Waals surface area (Å²) in [5.74, 6) is 0.910. The Morgan fingerprint density at radius 3 is 2.78 bits per heavy atom. The molecule has 2 aliphatic rings. The molecule has 1 N–H and O–H groups in total. The molecular weight excluding hydrogens is 220 g/mol. The van der Waals surface area contributed by atoms with Crippen molar-refractivity contribution in [3.05, 3.63) is 0 Å². The highest BCUT2D eigenvalue weighted by atomic mass is 15.2. The molecule has 18 heavy (non-hydrogen) atoms. The smallest absolute Gasteiger partial charge is 0.0195 e. The summed E-state index contributed by atoms with van der Waals surface area (Å²) in [6, 6.07) is 1.61. The summed E-state index contributed by atoms with van der Waals surface area (Å²) in [4.78, 5) is 2.83. The molecule has 0 spiro atoms. The second-order valence-corrected chi connectivity index (χ2v) is 6.47. The summed E-state index contributed by atoms with van der Waals surface area (Å²) in [5.41, 5.74) is 0. The van der Waals surface area contributed by atoms with Crippen LogP contribution in [0.2, 0.25) is 0 Å². The summed E-state index contributed by atoms with van der Waals surface area (Å²) in [6.45, 7) is 8.64. The van der Waals surface area contributed by atoms with Gasteiger partial charge in [-0.2, -0.15) is 0 Å². The van der Waals surface area contributed by atoms with Gasteiger partial charge in [-0.25, -0.2) is 0 Å². The van der Waals surface area contributed by atoms with E-state index in [9.17, 15) is 0 Å². The molecule has 1 aliphatic carbocycles. The van der Waals surface area contributed by atoms with Crippen molar-refractivity contribution in [1.82, 2.24) is 10.2 Å². The third kappa shape index (κ3) is 3.96. The first-order chi connectivity index (χ1) is 8.81. The molecule has 106 valence electrons. The molecule has 1 aliphatic heterocycles. The van der Waals surface area contributed by atoms with Crippen molar-refractivity contribution in [3.63, 3.8) is 0 Å². The van der Waals surface area contributed by atoms with Crippen molar-refractivity contribution in [1.29, 1.82) is 0 Å². The molecular formula is C16H32N2. The van der Waals surface area contributed by atoms with Crippen molar-refractivity contribution >= 4 is 0 Å². The molecule has 3 unspecified atom stereocenters. The second-order valence-electron chi connectivity index (χ2n) is 6.47.